The van der Waals surface area contributed by atoms with E-state index < -0.39 is 15.9 Å². The molecule has 1 heterocycles. The number of amides is 1. The van der Waals surface area contributed by atoms with E-state index in [1.54, 1.807) is 29.2 Å². The fourth-order valence-corrected chi connectivity index (χ4v) is 4.76. The number of hydrogen-bond acceptors (Lipinski definition) is 3. The Bertz CT molecular complexity index is 946. The zero-order valence-corrected chi connectivity index (χ0v) is 16.3. The lowest BCUT2D eigenvalue weighted by atomic mass is 10.1. The average molecular weight is 420 g/mol. The zero-order chi connectivity index (χ0) is 18.2. The quantitative estimate of drug-likeness (QED) is 0.754. The molecule has 1 atom stereocenters. The molecule has 0 aliphatic carbocycles. The third kappa shape index (κ3) is 3.85. The fourth-order valence-electron chi connectivity index (χ4n) is 3.03. The monoisotopic (exact) mass is 419 g/mol. The summed E-state index contributed by atoms with van der Waals surface area (Å²) in [6, 6.07) is 12.5. The zero-order valence-electron chi connectivity index (χ0n) is 13.9. The van der Waals surface area contributed by atoms with Crippen LogP contribution >= 0.6 is 15.9 Å². The lowest BCUT2D eigenvalue weighted by Gasteiger charge is -2.29. The predicted molar refractivity (Wildman–Crippen MR) is 104 cm³/mol. The second-order valence-electron chi connectivity index (χ2n) is 6.23. The number of halogens is 1. The molecule has 1 amide bonds. The lowest BCUT2D eigenvalue weighted by molar-refractivity contribution is 0.0982. The number of aryl methyl sites for hydroxylation is 2. The van der Waals surface area contributed by atoms with E-state index >= 15 is 0 Å². The van der Waals surface area contributed by atoms with Crippen LogP contribution in [0.1, 0.15) is 21.5 Å². The molecule has 0 fully saturated rings. The Hall–Kier alpha value is -1.92. The molecule has 0 N–H and O–H groups in total. The Labute approximate surface area is 156 Å². The summed E-state index contributed by atoms with van der Waals surface area (Å²) < 4.78 is 24.5. The average Bonchev–Trinajstić information content (AvgIpc) is 2.86. The predicted octanol–water partition coefficient (Wildman–Crippen LogP) is 4.02. The van der Waals surface area contributed by atoms with Gasteiger partial charge in [0.15, 0.2) is 9.84 Å². The molecule has 0 aromatic heterocycles. The third-order valence-electron chi connectivity index (χ3n) is 4.05. The van der Waals surface area contributed by atoms with Gasteiger partial charge in [0.25, 0.3) is 5.91 Å². The number of sulfone groups is 1. The van der Waals surface area contributed by atoms with Gasteiger partial charge >= 0.3 is 0 Å². The second-order valence-corrected chi connectivity index (χ2v) is 9.01. The molecule has 0 radical (unpaired) electrons. The van der Waals surface area contributed by atoms with E-state index in [1.807, 2.05) is 38.1 Å². The van der Waals surface area contributed by atoms with Crippen LogP contribution < -0.4 is 4.90 Å². The molecule has 130 valence electrons. The minimum Gasteiger partial charge on any atom is -0.300 e. The van der Waals surface area contributed by atoms with Gasteiger partial charge in [-0.1, -0.05) is 18.2 Å². The fraction of sp³-hybridized carbons (Fsp3) is 0.211. The Morgan fingerprint density at radius 2 is 1.76 bits per heavy atom. The summed E-state index contributed by atoms with van der Waals surface area (Å²) in [6.07, 6.45) is 1.59. The molecule has 0 saturated carbocycles. The molecular formula is C19H18BrNO3S. The first-order valence-electron chi connectivity index (χ1n) is 7.84. The maximum Gasteiger partial charge on any atom is 0.260 e. The summed E-state index contributed by atoms with van der Waals surface area (Å²) in [6.45, 7) is 3.91. The highest BCUT2D eigenvalue weighted by molar-refractivity contribution is 9.10. The Balaban J connectivity index is 2.11. The summed E-state index contributed by atoms with van der Waals surface area (Å²) in [5.74, 6) is -0.333. The molecule has 25 heavy (non-hydrogen) atoms. The maximum absolute atomic E-state index is 13.3. The van der Waals surface area contributed by atoms with E-state index in [0.29, 0.717) is 15.7 Å². The number of carbonyl (C=O) groups excluding carboxylic acids is 1. The molecular weight excluding hydrogens is 402 g/mol. The van der Waals surface area contributed by atoms with Crippen molar-refractivity contribution in [1.82, 2.24) is 0 Å². The van der Waals surface area contributed by atoms with Gasteiger partial charge in [0, 0.05) is 15.6 Å². The van der Waals surface area contributed by atoms with E-state index in [2.05, 4.69) is 15.9 Å². The summed E-state index contributed by atoms with van der Waals surface area (Å²) >= 11 is 3.41. The molecule has 0 spiro atoms. The van der Waals surface area contributed by atoms with Gasteiger partial charge in [-0.05, 0) is 71.2 Å². The van der Waals surface area contributed by atoms with Crippen molar-refractivity contribution in [2.24, 2.45) is 0 Å². The topological polar surface area (TPSA) is 54.5 Å². The minimum absolute atomic E-state index is 0.101. The summed E-state index contributed by atoms with van der Waals surface area (Å²) in [5.41, 5.74) is 3.24. The van der Waals surface area contributed by atoms with Crippen molar-refractivity contribution in [3.05, 3.63) is 75.1 Å². The van der Waals surface area contributed by atoms with Crippen molar-refractivity contribution >= 4 is 37.4 Å². The van der Waals surface area contributed by atoms with Gasteiger partial charge in [0.05, 0.1) is 17.4 Å². The van der Waals surface area contributed by atoms with Crippen LogP contribution in [0.4, 0.5) is 5.69 Å². The van der Waals surface area contributed by atoms with E-state index in [0.717, 1.165) is 11.1 Å². The van der Waals surface area contributed by atoms with Crippen molar-refractivity contribution in [3.63, 3.8) is 0 Å². The Kier molecular flexibility index (Phi) is 4.84. The van der Waals surface area contributed by atoms with E-state index in [1.165, 1.54) is 5.41 Å². The lowest BCUT2D eigenvalue weighted by Crippen LogP contribution is -2.41. The maximum atomic E-state index is 13.3. The third-order valence-corrected chi connectivity index (χ3v) is 6.12. The van der Waals surface area contributed by atoms with Crippen molar-refractivity contribution in [2.45, 2.75) is 19.9 Å². The summed E-state index contributed by atoms with van der Waals surface area (Å²) in [4.78, 5) is 14.8. The first-order valence-corrected chi connectivity index (χ1v) is 10.3. The van der Waals surface area contributed by atoms with Gasteiger partial charge < -0.3 is 4.90 Å². The second kappa shape index (κ2) is 6.77. The highest BCUT2D eigenvalue weighted by Gasteiger charge is 2.32. The van der Waals surface area contributed by atoms with Crippen LogP contribution in [0.25, 0.3) is 0 Å². The van der Waals surface area contributed by atoms with E-state index in [-0.39, 0.29) is 11.7 Å². The molecule has 2 aromatic rings. The van der Waals surface area contributed by atoms with E-state index in [9.17, 15) is 13.2 Å². The minimum atomic E-state index is -3.28. The number of anilines is 1. The first-order chi connectivity index (χ1) is 11.8. The number of benzene rings is 2. The van der Waals surface area contributed by atoms with Crippen LogP contribution in [0.3, 0.4) is 0 Å². The molecule has 0 saturated heterocycles. The number of carbonyl (C=O) groups is 1. The number of hydrogen-bond donors (Lipinski definition) is 0. The molecule has 1 aliphatic rings. The molecule has 2 aromatic carbocycles. The highest BCUT2D eigenvalue weighted by Crippen LogP contribution is 2.28. The van der Waals surface area contributed by atoms with Gasteiger partial charge in [-0.2, -0.15) is 0 Å². The Morgan fingerprint density at radius 1 is 1.12 bits per heavy atom. The van der Waals surface area contributed by atoms with Crippen molar-refractivity contribution in [2.75, 3.05) is 10.7 Å². The standard InChI is InChI=1S/C19H18BrNO3S/c1-13-9-14(2)11-16(10-13)21(15-7-8-25(23,24)12-15)19(22)17-5-3-4-6-18(17)20/h3-11,15H,12H2,1-2H3. The van der Waals surface area contributed by atoms with Crippen LogP contribution in [0.15, 0.2) is 58.4 Å². The highest BCUT2D eigenvalue weighted by atomic mass is 79.9. The van der Waals surface area contributed by atoms with Gasteiger partial charge in [0.2, 0.25) is 0 Å². The SMILES string of the molecule is Cc1cc(C)cc(N(C(=O)c2ccccc2Br)C2C=CS(=O)(=O)C2)c1. The molecule has 0 bridgehead atoms. The summed E-state index contributed by atoms with van der Waals surface area (Å²) in [5, 5.41) is 1.20. The van der Waals surface area contributed by atoms with Crippen LogP contribution in [0.2, 0.25) is 0 Å². The molecule has 4 nitrogen and oxygen atoms in total. The smallest absolute Gasteiger partial charge is 0.260 e. The Morgan fingerprint density at radius 3 is 2.32 bits per heavy atom. The van der Waals surface area contributed by atoms with Crippen molar-refractivity contribution in [3.8, 4) is 0 Å². The van der Waals surface area contributed by atoms with Gasteiger partial charge in [-0.3, -0.25) is 4.79 Å². The van der Waals surface area contributed by atoms with Crippen LogP contribution in [-0.4, -0.2) is 26.1 Å². The first kappa shape index (κ1) is 17.9. The van der Waals surface area contributed by atoms with E-state index in [4.69, 9.17) is 0 Å². The summed E-state index contributed by atoms with van der Waals surface area (Å²) in [7, 11) is -3.28. The number of nitrogens with zero attached hydrogens (tertiary/aromatic N) is 1. The molecule has 6 heteroatoms. The van der Waals surface area contributed by atoms with Crippen LogP contribution in [-0.2, 0) is 9.84 Å². The normalized spacial score (nSPS) is 18.3. The number of rotatable bonds is 3. The van der Waals surface area contributed by atoms with Crippen LogP contribution in [0, 0.1) is 13.8 Å². The van der Waals surface area contributed by atoms with Gasteiger partial charge in [-0.25, -0.2) is 8.42 Å². The van der Waals surface area contributed by atoms with Gasteiger partial charge in [0.1, 0.15) is 0 Å². The van der Waals surface area contributed by atoms with Crippen molar-refractivity contribution in [1.29, 1.82) is 0 Å². The van der Waals surface area contributed by atoms with Crippen LogP contribution in [0.5, 0.6) is 0 Å². The largest absolute Gasteiger partial charge is 0.300 e. The molecule has 3 rings (SSSR count). The molecule has 1 aliphatic heterocycles. The molecule has 1 unspecified atom stereocenters. The van der Waals surface area contributed by atoms with Crippen molar-refractivity contribution < 1.29 is 13.2 Å². The van der Waals surface area contributed by atoms with Gasteiger partial charge in [-0.15, -0.1) is 0 Å².